The van der Waals surface area contributed by atoms with Gasteiger partial charge in [-0.15, -0.1) is 0 Å². The lowest BCUT2D eigenvalue weighted by Crippen LogP contribution is -2.43. The molecule has 66 valence electrons. The second-order valence-electron chi connectivity index (χ2n) is 2.55. The Morgan fingerprint density at radius 3 is 2.64 bits per heavy atom. The van der Waals surface area contributed by atoms with E-state index in [2.05, 4.69) is 5.32 Å². The lowest BCUT2D eigenvalue weighted by Gasteiger charge is -2.18. The molecule has 1 atom stereocenters. The summed E-state index contributed by atoms with van der Waals surface area (Å²) in [5, 5.41) is 11.2. The number of rotatable bonds is 3. The third-order valence-corrected chi connectivity index (χ3v) is 1.46. The zero-order valence-electron chi connectivity index (χ0n) is 7.29. The van der Waals surface area contributed by atoms with Crippen LogP contribution in [0.25, 0.3) is 0 Å². The number of carbonyl (C=O) groups excluding carboxylic acids is 1. The molecule has 0 unspecified atom stereocenters. The molecule has 0 bridgehead atoms. The van der Waals surface area contributed by atoms with Gasteiger partial charge in [-0.25, -0.2) is 4.79 Å². The number of hydrogen-bond donors (Lipinski definition) is 2. The van der Waals surface area contributed by atoms with Crippen LogP contribution in [-0.2, 0) is 0 Å². The van der Waals surface area contributed by atoms with Gasteiger partial charge >= 0.3 is 6.03 Å². The summed E-state index contributed by atoms with van der Waals surface area (Å²) in [6.45, 7) is 4.29. The van der Waals surface area contributed by atoms with Crippen LogP contribution in [0.4, 0.5) is 4.79 Å². The molecule has 0 aliphatic rings. The van der Waals surface area contributed by atoms with Crippen molar-refractivity contribution in [1.29, 1.82) is 0 Å². The maximum absolute atomic E-state index is 11.0. The summed E-state index contributed by atoms with van der Waals surface area (Å²) < 4.78 is 0. The lowest BCUT2D eigenvalue weighted by atomic mass is 10.4. The highest BCUT2D eigenvalue weighted by atomic mass is 16.3. The number of aliphatic hydroxyl groups is 1. The van der Waals surface area contributed by atoms with Crippen LogP contribution >= 0.6 is 0 Å². The highest BCUT2D eigenvalue weighted by Gasteiger charge is 2.08. The van der Waals surface area contributed by atoms with E-state index in [1.54, 1.807) is 18.9 Å². The van der Waals surface area contributed by atoms with Gasteiger partial charge in [0.2, 0.25) is 0 Å². The molecular weight excluding hydrogens is 144 g/mol. The molecule has 4 nitrogen and oxygen atoms in total. The van der Waals surface area contributed by atoms with Crippen LogP contribution in [0, 0.1) is 0 Å². The fraction of sp³-hybridized carbons (Fsp3) is 0.857. The summed E-state index contributed by atoms with van der Waals surface area (Å²) in [5.74, 6) is 0. The molecule has 2 N–H and O–H groups in total. The lowest BCUT2D eigenvalue weighted by molar-refractivity contribution is 0.195. The summed E-state index contributed by atoms with van der Waals surface area (Å²) in [7, 11) is 1.71. The smallest absolute Gasteiger partial charge is 0.317 e. The quantitative estimate of drug-likeness (QED) is 0.612. The number of urea groups is 1. The topological polar surface area (TPSA) is 52.6 Å². The number of carbonyl (C=O) groups is 1. The first-order valence-corrected chi connectivity index (χ1v) is 3.74. The average molecular weight is 160 g/mol. The molecule has 0 aromatic rings. The van der Waals surface area contributed by atoms with Gasteiger partial charge in [0.05, 0.1) is 12.6 Å². The number of aliphatic hydroxyl groups excluding tert-OH is 1. The van der Waals surface area contributed by atoms with E-state index < -0.39 is 0 Å². The van der Waals surface area contributed by atoms with Crippen LogP contribution in [0.1, 0.15) is 13.8 Å². The third-order valence-electron chi connectivity index (χ3n) is 1.46. The van der Waals surface area contributed by atoms with E-state index in [0.29, 0.717) is 6.54 Å². The summed E-state index contributed by atoms with van der Waals surface area (Å²) in [6, 6.07) is -0.314. The predicted octanol–water partition coefficient (Wildman–Crippen LogP) is 0.0285. The fourth-order valence-electron chi connectivity index (χ4n) is 0.510. The van der Waals surface area contributed by atoms with Crippen molar-refractivity contribution in [1.82, 2.24) is 10.2 Å². The van der Waals surface area contributed by atoms with Crippen LogP contribution in [0.2, 0.25) is 0 Å². The Hall–Kier alpha value is -0.770. The van der Waals surface area contributed by atoms with Gasteiger partial charge in [-0.05, 0) is 13.8 Å². The van der Waals surface area contributed by atoms with E-state index in [0.717, 1.165) is 0 Å². The van der Waals surface area contributed by atoms with Gasteiger partial charge in [0.15, 0.2) is 0 Å². The normalized spacial score (nSPS) is 12.4. The number of nitrogens with one attached hydrogen (secondary N) is 1. The van der Waals surface area contributed by atoms with E-state index in [4.69, 9.17) is 5.11 Å². The van der Waals surface area contributed by atoms with Crippen molar-refractivity contribution >= 4 is 6.03 Å². The highest BCUT2D eigenvalue weighted by Crippen LogP contribution is 1.85. The molecule has 0 fully saturated rings. The molecule has 11 heavy (non-hydrogen) atoms. The van der Waals surface area contributed by atoms with Crippen molar-refractivity contribution < 1.29 is 9.90 Å². The van der Waals surface area contributed by atoms with Crippen LogP contribution in [0.5, 0.6) is 0 Å². The van der Waals surface area contributed by atoms with Crippen molar-refractivity contribution in [2.24, 2.45) is 0 Å². The molecule has 2 amide bonds. The Bertz CT molecular complexity index is 128. The van der Waals surface area contributed by atoms with Gasteiger partial charge in [-0.1, -0.05) is 0 Å². The minimum Gasteiger partial charge on any atom is -0.394 e. The summed E-state index contributed by atoms with van der Waals surface area (Å²) in [5.41, 5.74) is 0. The van der Waals surface area contributed by atoms with E-state index in [9.17, 15) is 4.79 Å². The molecule has 0 saturated carbocycles. The van der Waals surface area contributed by atoms with Gasteiger partial charge in [0, 0.05) is 13.6 Å². The van der Waals surface area contributed by atoms with Crippen molar-refractivity contribution in [3.8, 4) is 0 Å². The number of amides is 2. The maximum atomic E-state index is 11.0. The molecule has 4 heteroatoms. The van der Waals surface area contributed by atoms with Crippen LogP contribution < -0.4 is 5.32 Å². The summed E-state index contributed by atoms with van der Waals surface area (Å²) in [6.07, 6.45) is 0. The zero-order chi connectivity index (χ0) is 8.85. The first-order valence-electron chi connectivity index (χ1n) is 3.74. The molecule has 0 aliphatic carbocycles. The molecular formula is C7H16N2O2. The van der Waals surface area contributed by atoms with Crippen molar-refractivity contribution in [3.05, 3.63) is 0 Å². The first kappa shape index (κ1) is 10.2. The Kier molecular flexibility index (Phi) is 4.61. The molecule has 0 radical (unpaired) electrons. The summed E-state index contributed by atoms with van der Waals surface area (Å²) in [4.78, 5) is 12.6. The fourth-order valence-corrected chi connectivity index (χ4v) is 0.510. The van der Waals surface area contributed by atoms with Crippen molar-refractivity contribution in [2.75, 3.05) is 20.2 Å². The third kappa shape index (κ3) is 3.83. The largest absolute Gasteiger partial charge is 0.394 e. The number of hydrogen-bond acceptors (Lipinski definition) is 2. The maximum Gasteiger partial charge on any atom is 0.317 e. The van der Waals surface area contributed by atoms with Gasteiger partial charge in [0.25, 0.3) is 0 Å². The Morgan fingerprint density at radius 2 is 2.27 bits per heavy atom. The average Bonchev–Trinajstić information content (AvgIpc) is 2.02. The van der Waals surface area contributed by atoms with E-state index in [1.165, 1.54) is 0 Å². The highest BCUT2D eigenvalue weighted by molar-refractivity contribution is 5.74. The van der Waals surface area contributed by atoms with Gasteiger partial charge in [0.1, 0.15) is 0 Å². The standard InChI is InChI=1S/C7H16N2O2/c1-4-9(3)7(11)8-6(2)5-10/h6,10H,4-5H2,1-3H3,(H,8,11)/t6-/m1/s1. The minimum absolute atomic E-state index is 0.0245. The molecule has 0 rings (SSSR count). The van der Waals surface area contributed by atoms with Crippen LogP contribution in [0.3, 0.4) is 0 Å². The van der Waals surface area contributed by atoms with E-state index >= 15 is 0 Å². The molecule has 0 aromatic heterocycles. The zero-order valence-corrected chi connectivity index (χ0v) is 7.29. The molecule has 0 saturated heterocycles. The second kappa shape index (κ2) is 4.96. The summed E-state index contributed by atoms with van der Waals surface area (Å²) >= 11 is 0. The Morgan fingerprint density at radius 1 is 1.73 bits per heavy atom. The first-order chi connectivity index (χ1) is 5.11. The molecule has 0 aliphatic heterocycles. The molecule has 0 heterocycles. The van der Waals surface area contributed by atoms with Gasteiger partial charge < -0.3 is 15.3 Å². The van der Waals surface area contributed by atoms with E-state index in [-0.39, 0.29) is 18.7 Å². The van der Waals surface area contributed by atoms with Crippen LogP contribution in [0.15, 0.2) is 0 Å². The van der Waals surface area contributed by atoms with E-state index in [1.807, 2.05) is 6.92 Å². The van der Waals surface area contributed by atoms with Crippen LogP contribution in [-0.4, -0.2) is 42.3 Å². The van der Waals surface area contributed by atoms with Gasteiger partial charge in [-0.2, -0.15) is 0 Å². The minimum atomic E-state index is -0.170. The second-order valence-corrected chi connectivity index (χ2v) is 2.55. The SMILES string of the molecule is CCN(C)C(=O)N[C@H](C)CO. The van der Waals surface area contributed by atoms with Gasteiger partial charge in [-0.3, -0.25) is 0 Å². The molecule has 0 aromatic carbocycles. The number of nitrogens with zero attached hydrogens (tertiary/aromatic N) is 1. The molecule has 0 spiro atoms. The monoisotopic (exact) mass is 160 g/mol. The van der Waals surface area contributed by atoms with Crippen molar-refractivity contribution in [3.63, 3.8) is 0 Å². The Labute approximate surface area is 67.2 Å². The van der Waals surface area contributed by atoms with Crippen molar-refractivity contribution in [2.45, 2.75) is 19.9 Å². The predicted molar refractivity (Wildman–Crippen MR) is 43.4 cm³/mol. The Balaban J connectivity index is 3.68.